The van der Waals surface area contributed by atoms with E-state index in [-0.39, 0.29) is 11.9 Å². The molecular formula is C28H30Cl3N3O. The van der Waals surface area contributed by atoms with Crippen molar-refractivity contribution in [1.82, 2.24) is 15.1 Å². The summed E-state index contributed by atoms with van der Waals surface area (Å²) in [6.07, 6.45) is 8.08. The fraction of sp³-hybridized carbons (Fsp3) is 0.357. The van der Waals surface area contributed by atoms with E-state index >= 15 is 0 Å². The first-order valence-electron chi connectivity index (χ1n) is 12.0. The minimum absolute atomic E-state index is 0.0954. The molecule has 0 unspecified atom stereocenters. The summed E-state index contributed by atoms with van der Waals surface area (Å²) in [5, 5.41) is 9.63. The number of benzene rings is 2. The number of allylic oxidation sites excluding steroid dienone is 1. The first-order valence-corrected chi connectivity index (χ1v) is 13.2. The normalized spacial score (nSPS) is 15.8. The molecule has 1 aliphatic rings. The van der Waals surface area contributed by atoms with Gasteiger partial charge in [-0.15, -0.1) is 0 Å². The van der Waals surface area contributed by atoms with E-state index in [9.17, 15) is 4.79 Å². The van der Waals surface area contributed by atoms with Gasteiger partial charge in [0.2, 0.25) is 0 Å². The molecule has 1 aliphatic carbocycles. The van der Waals surface area contributed by atoms with Gasteiger partial charge >= 0.3 is 0 Å². The SMILES string of the molecule is CC(=Cc1cccc(Cl)c1)c1c(C)c(C(=O)N[C@@H](C)C2CCCCC2)nn1-c1ccc(Cl)cc1Cl. The van der Waals surface area contributed by atoms with E-state index < -0.39 is 0 Å². The quantitative estimate of drug-likeness (QED) is 0.348. The van der Waals surface area contributed by atoms with E-state index in [4.69, 9.17) is 39.9 Å². The standard InChI is InChI=1S/C28H30Cl3N3O/c1-17(14-20-8-7-11-22(29)15-20)27-18(2)26(28(35)32-19(3)21-9-5-4-6-10-21)33-34(27)25-13-12-23(30)16-24(25)31/h7-8,11-16,19,21H,4-6,9-10H2,1-3H3,(H,32,35)/t19-/m0/s1. The number of carbonyl (C=O) groups excluding carboxylic acids is 1. The molecule has 1 atom stereocenters. The van der Waals surface area contributed by atoms with Crippen LogP contribution < -0.4 is 5.32 Å². The Morgan fingerprint density at radius 2 is 1.80 bits per heavy atom. The molecule has 1 aromatic heterocycles. The van der Waals surface area contributed by atoms with E-state index in [1.807, 2.05) is 50.3 Å². The van der Waals surface area contributed by atoms with Crippen molar-refractivity contribution in [3.8, 4) is 5.69 Å². The maximum atomic E-state index is 13.4. The molecule has 1 saturated carbocycles. The van der Waals surface area contributed by atoms with Gasteiger partial charge in [-0.3, -0.25) is 4.79 Å². The molecule has 1 fully saturated rings. The van der Waals surface area contributed by atoms with Crippen molar-refractivity contribution in [3.63, 3.8) is 0 Å². The third-order valence-corrected chi connectivity index (χ3v) is 7.57. The summed E-state index contributed by atoms with van der Waals surface area (Å²) in [5.74, 6) is 0.339. The zero-order valence-electron chi connectivity index (χ0n) is 20.2. The van der Waals surface area contributed by atoms with Crippen molar-refractivity contribution < 1.29 is 4.79 Å². The lowest BCUT2D eigenvalue weighted by Gasteiger charge is -2.28. The Morgan fingerprint density at radius 1 is 1.09 bits per heavy atom. The Labute approximate surface area is 222 Å². The second-order valence-electron chi connectivity index (χ2n) is 9.37. The molecular weight excluding hydrogens is 501 g/mol. The molecule has 0 radical (unpaired) electrons. The van der Waals surface area contributed by atoms with Gasteiger partial charge in [-0.2, -0.15) is 5.10 Å². The largest absolute Gasteiger partial charge is 0.348 e. The number of hydrogen-bond acceptors (Lipinski definition) is 2. The van der Waals surface area contributed by atoms with Crippen molar-refractivity contribution in [2.24, 2.45) is 5.92 Å². The highest BCUT2D eigenvalue weighted by Crippen LogP contribution is 2.32. The highest BCUT2D eigenvalue weighted by Gasteiger charge is 2.26. The monoisotopic (exact) mass is 529 g/mol. The Bertz CT molecular complexity index is 1260. The van der Waals surface area contributed by atoms with Gasteiger partial charge in [0.25, 0.3) is 5.91 Å². The predicted octanol–water partition coefficient (Wildman–Crippen LogP) is 8.40. The predicted molar refractivity (Wildman–Crippen MR) is 147 cm³/mol. The maximum absolute atomic E-state index is 13.4. The molecule has 0 spiro atoms. The fourth-order valence-corrected chi connectivity index (χ4v) is 5.63. The van der Waals surface area contributed by atoms with Crippen LogP contribution in [0.2, 0.25) is 15.1 Å². The molecule has 4 nitrogen and oxygen atoms in total. The van der Waals surface area contributed by atoms with E-state index in [1.165, 1.54) is 19.3 Å². The number of nitrogens with zero attached hydrogens (tertiary/aromatic N) is 2. The van der Waals surface area contributed by atoms with Gasteiger partial charge in [0.05, 0.1) is 16.4 Å². The molecule has 35 heavy (non-hydrogen) atoms. The molecule has 3 aromatic rings. The van der Waals surface area contributed by atoms with Crippen LogP contribution in [0.4, 0.5) is 0 Å². The highest BCUT2D eigenvalue weighted by molar-refractivity contribution is 6.35. The van der Waals surface area contributed by atoms with Crippen molar-refractivity contribution >= 4 is 52.4 Å². The highest BCUT2D eigenvalue weighted by atomic mass is 35.5. The molecule has 0 saturated heterocycles. The minimum atomic E-state index is -0.166. The van der Waals surface area contributed by atoms with E-state index in [2.05, 4.69) is 12.2 Å². The van der Waals surface area contributed by atoms with Crippen LogP contribution in [0.3, 0.4) is 0 Å². The third-order valence-electron chi connectivity index (χ3n) is 6.80. The van der Waals surface area contributed by atoms with Gasteiger partial charge in [-0.25, -0.2) is 4.68 Å². The van der Waals surface area contributed by atoms with Crippen molar-refractivity contribution in [1.29, 1.82) is 0 Å². The summed E-state index contributed by atoms with van der Waals surface area (Å²) in [5.41, 5.74) is 4.55. The second-order valence-corrected chi connectivity index (χ2v) is 10.7. The van der Waals surface area contributed by atoms with Crippen molar-refractivity contribution in [3.05, 3.63) is 80.0 Å². The lowest BCUT2D eigenvalue weighted by atomic mass is 9.84. The summed E-state index contributed by atoms with van der Waals surface area (Å²) in [7, 11) is 0. The second kappa shape index (κ2) is 11.2. The van der Waals surface area contributed by atoms with Crippen molar-refractivity contribution in [2.45, 2.75) is 58.9 Å². The number of hydrogen-bond donors (Lipinski definition) is 1. The molecule has 7 heteroatoms. The summed E-state index contributed by atoms with van der Waals surface area (Å²) in [6, 6.07) is 13.0. The van der Waals surface area contributed by atoms with Gasteiger partial charge in [-0.05, 0) is 87.1 Å². The molecule has 4 rings (SSSR count). The number of aromatic nitrogens is 2. The van der Waals surface area contributed by atoms with Crippen LogP contribution in [0.25, 0.3) is 17.3 Å². The van der Waals surface area contributed by atoms with Crippen LogP contribution in [-0.2, 0) is 0 Å². The lowest BCUT2D eigenvalue weighted by molar-refractivity contribution is 0.0913. The molecule has 1 amide bonds. The minimum Gasteiger partial charge on any atom is -0.348 e. The number of nitrogens with one attached hydrogen (secondary N) is 1. The number of rotatable bonds is 6. The van der Waals surface area contributed by atoms with Crippen LogP contribution >= 0.6 is 34.8 Å². The number of halogens is 3. The van der Waals surface area contributed by atoms with Crippen LogP contribution in [0.5, 0.6) is 0 Å². The summed E-state index contributed by atoms with van der Waals surface area (Å²) in [6.45, 7) is 6.03. The van der Waals surface area contributed by atoms with E-state index in [0.29, 0.717) is 32.4 Å². The zero-order valence-corrected chi connectivity index (χ0v) is 22.5. The lowest BCUT2D eigenvalue weighted by Crippen LogP contribution is -2.39. The van der Waals surface area contributed by atoms with E-state index in [1.54, 1.807) is 16.8 Å². The fourth-order valence-electron chi connectivity index (χ4n) is 4.94. The molecule has 1 N–H and O–H groups in total. The molecule has 0 bridgehead atoms. The van der Waals surface area contributed by atoms with Gasteiger partial charge < -0.3 is 5.32 Å². The Balaban J connectivity index is 1.76. The topological polar surface area (TPSA) is 46.9 Å². The Morgan fingerprint density at radius 3 is 2.49 bits per heavy atom. The van der Waals surface area contributed by atoms with Gasteiger partial charge in [0, 0.05) is 21.7 Å². The van der Waals surface area contributed by atoms with Crippen LogP contribution in [-0.4, -0.2) is 21.7 Å². The van der Waals surface area contributed by atoms with Crippen LogP contribution in [0.1, 0.15) is 73.3 Å². The molecule has 2 aromatic carbocycles. The number of carbonyl (C=O) groups is 1. The Hall–Kier alpha value is -2.27. The Kier molecular flexibility index (Phi) is 8.26. The molecule has 184 valence electrons. The summed E-state index contributed by atoms with van der Waals surface area (Å²) >= 11 is 18.9. The summed E-state index contributed by atoms with van der Waals surface area (Å²) < 4.78 is 1.74. The van der Waals surface area contributed by atoms with Gasteiger partial charge in [0.15, 0.2) is 5.69 Å². The smallest absolute Gasteiger partial charge is 0.272 e. The number of amides is 1. The first kappa shape index (κ1) is 25.8. The third kappa shape index (κ3) is 5.94. The molecule has 0 aliphatic heterocycles. The zero-order chi connectivity index (χ0) is 25.1. The van der Waals surface area contributed by atoms with E-state index in [0.717, 1.165) is 35.2 Å². The molecule has 1 heterocycles. The van der Waals surface area contributed by atoms with Crippen molar-refractivity contribution in [2.75, 3.05) is 0 Å². The average molecular weight is 531 g/mol. The van der Waals surface area contributed by atoms with Gasteiger partial charge in [0.1, 0.15) is 0 Å². The maximum Gasteiger partial charge on any atom is 0.272 e. The van der Waals surface area contributed by atoms with Crippen LogP contribution in [0, 0.1) is 12.8 Å². The average Bonchev–Trinajstić information content (AvgIpc) is 3.16. The first-order chi connectivity index (χ1) is 16.7. The van der Waals surface area contributed by atoms with Crippen LogP contribution in [0.15, 0.2) is 42.5 Å². The van der Waals surface area contributed by atoms with Gasteiger partial charge in [-0.1, -0.05) is 66.2 Å². The summed E-state index contributed by atoms with van der Waals surface area (Å²) in [4.78, 5) is 13.4.